The van der Waals surface area contributed by atoms with Crippen LogP contribution >= 0.6 is 0 Å². The standard InChI is InChI=1S/C11H9N3/c12-11-13-8-5-1-3-7-4-2-6-9(14-11)10(7)8/h1-6H,(H3,12,13,14). The molecule has 0 aliphatic carbocycles. The van der Waals surface area contributed by atoms with Crippen LogP contribution in [0, 0.1) is 0 Å². The van der Waals surface area contributed by atoms with Crippen molar-refractivity contribution >= 4 is 28.1 Å². The van der Waals surface area contributed by atoms with Gasteiger partial charge in [0.2, 0.25) is 0 Å². The van der Waals surface area contributed by atoms with Crippen molar-refractivity contribution in [1.29, 1.82) is 0 Å². The number of anilines is 1. The molecular formula is C11H9N3. The average molecular weight is 183 g/mol. The zero-order valence-electron chi connectivity index (χ0n) is 7.49. The molecule has 1 aliphatic rings. The topological polar surface area (TPSA) is 50.4 Å². The van der Waals surface area contributed by atoms with E-state index in [1.807, 2.05) is 24.3 Å². The van der Waals surface area contributed by atoms with Crippen molar-refractivity contribution in [2.24, 2.45) is 10.7 Å². The van der Waals surface area contributed by atoms with Gasteiger partial charge in [-0.15, -0.1) is 0 Å². The minimum absolute atomic E-state index is 0.455. The van der Waals surface area contributed by atoms with Gasteiger partial charge in [0.25, 0.3) is 0 Å². The summed E-state index contributed by atoms with van der Waals surface area (Å²) < 4.78 is 0. The van der Waals surface area contributed by atoms with Gasteiger partial charge in [-0.25, -0.2) is 4.99 Å². The highest BCUT2D eigenvalue weighted by atomic mass is 15.1. The maximum absolute atomic E-state index is 5.66. The number of guanidine groups is 1. The molecule has 0 amide bonds. The molecule has 3 nitrogen and oxygen atoms in total. The Morgan fingerprint density at radius 3 is 2.71 bits per heavy atom. The fourth-order valence-electron chi connectivity index (χ4n) is 1.81. The van der Waals surface area contributed by atoms with Crippen LogP contribution in [0.4, 0.5) is 11.4 Å². The second kappa shape index (κ2) is 2.48. The van der Waals surface area contributed by atoms with E-state index in [9.17, 15) is 0 Å². The van der Waals surface area contributed by atoms with E-state index >= 15 is 0 Å². The monoisotopic (exact) mass is 183 g/mol. The lowest BCUT2D eigenvalue weighted by Gasteiger charge is -2.15. The minimum atomic E-state index is 0.455. The molecule has 1 heterocycles. The highest BCUT2D eigenvalue weighted by molar-refractivity contribution is 6.12. The first-order chi connectivity index (χ1) is 6.84. The molecule has 0 radical (unpaired) electrons. The van der Waals surface area contributed by atoms with Gasteiger partial charge in [-0.2, -0.15) is 0 Å². The van der Waals surface area contributed by atoms with Gasteiger partial charge >= 0.3 is 0 Å². The minimum Gasteiger partial charge on any atom is -0.369 e. The lowest BCUT2D eigenvalue weighted by atomic mass is 10.1. The van der Waals surface area contributed by atoms with Crippen molar-refractivity contribution in [3.8, 4) is 0 Å². The van der Waals surface area contributed by atoms with E-state index in [0.717, 1.165) is 16.8 Å². The Labute approximate surface area is 81.3 Å². The van der Waals surface area contributed by atoms with E-state index in [-0.39, 0.29) is 0 Å². The van der Waals surface area contributed by atoms with Crippen molar-refractivity contribution in [3.63, 3.8) is 0 Å². The van der Waals surface area contributed by atoms with Crippen LogP contribution in [0.2, 0.25) is 0 Å². The van der Waals surface area contributed by atoms with Crippen molar-refractivity contribution in [2.45, 2.75) is 0 Å². The van der Waals surface area contributed by atoms with Crippen molar-refractivity contribution in [3.05, 3.63) is 36.4 Å². The van der Waals surface area contributed by atoms with Gasteiger partial charge in [0.05, 0.1) is 11.4 Å². The molecule has 3 rings (SSSR count). The van der Waals surface area contributed by atoms with Crippen LogP contribution in [-0.2, 0) is 0 Å². The number of aliphatic imine (C=N–C) groups is 1. The molecule has 0 saturated heterocycles. The van der Waals surface area contributed by atoms with Crippen LogP contribution in [0.3, 0.4) is 0 Å². The molecule has 14 heavy (non-hydrogen) atoms. The Balaban J connectivity index is 2.50. The Morgan fingerprint density at radius 2 is 1.86 bits per heavy atom. The SMILES string of the molecule is NC1=Nc2cccc3cccc(c23)N1. The molecule has 0 unspecified atom stereocenters. The first-order valence-electron chi connectivity index (χ1n) is 4.47. The molecule has 0 atom stereocenters. The van der Waals surface area contributed by atoms with Gasteiger partial charge < -0.3 is 11.1 Å². The zero-order chi connectivity index (χ0) is 9.54. The van der Waals surface area contributed by atoms with Crippen molar-refractivity contribution in [1.82, 2.24) is 0 Å². The molecule has 0 aromatic heterocycles. The van der Waals surface area contributed by atoms with Crippen LogP contribution in [0.25, 0.3) is 10.8 Å². The maximum Gasteiger partial charge on any atom is 0.198 e. The Hall–Kier alpha value is -2.03. The average Bonchev–Trinajstić information content (AvgIpc) is 2.18. The summed E-state index contributed by atoms with van der Waals surface area (Å²) in [5, 5.41) is 5.38. The Kier molecular flexibility index (Phi) is 1.31. The van der Waals surface area contributed by atoms with Crippen LogP contribution in [0.15, 0.2) is 41.4 Å². The number of nitrogens with two attached hydrogens (primary N) is 1. The highest BCUT2D eigenvalue weighted by Gasteiger charge is 2.10. The summed E-state index contributed by atoms with van der Waals surface area (Å²) >= 11 is 0. The van der Waals surface area contributed by atoms with E-state index in [1.165, 1.54) is 5.39 Å². The molecule has 0 spiro atoms. The summed E-state index contributed by atoms with van der Waals surface area (Å²) in [6, 6.07) is 12.1. The van der Waals surface area contributed by atoms with Crippen molar-refractivity contribution < 1.29 is 0 Å². The summed E-state index contributed by atoms with van der Waals surface area (Å²) in [5.74, 6) is 0.455. The summed E-state index contributed by atoms with van der Waals surface area (Å²) in [4.78, 5) is 4.25. The van der Waals surface area contributed by atoms with E-state index in [1.54, 1.807) is 0 Å². The molecule has 3 heteroatoms. The van der Waals surface area contributed by atoms with Crippen LogP contribution in [0.1, 0.15) is 0 Å². The largest absolute Gasteiger partial charge is 0.369 e. The highest BCUT2D eigenvalue weighted by Crippen LogP contribution is 2.34. The molecule has 68 valence electrons. The first kappa shape index (κ1) is 7.38. The number of nitrogens with zero attached hydrogens (tertiary/aromatic N) is 1. The lowest BCUT2D eigenvalue weighted by molar-refractivity contribution is 1.44. The second-order valence-corrected chi connectivity index (χ2v) is 3.30. The Bertz CT molecular complexity index is 538. The fraction of sp³-hybridized carbons (Fsp3) is 0. The van der Waals surface area contributed by atoms with Crippen LogP contribution in [0.5, 0.6) is 0 Å². The van der Waals surface area contributed by atoms with Crippen molar-refractivity contribution in [2.75, 3.05) is 5.32 Å². The Morgan fingerprint density at radius 1 is 1.07 bits per heavy atom. The summed E-state index contributed by atoms with van der Waals surface area (Å²) in [5.41, 5.74) is 7.64. The predicted molar refractivity (Wildman–Crippen MR) is 58.9 cm³/mol. The van der Waals surface area contributed by atoms with Gasteiger partial charge in [0.15, 0.2) is 5.96 Å². The van der Waals surface area contributed by atoms with Gasteiger partial charge in [-0.3, -0.25) is 0 Å². The fourth-order valence-corrected chi connectivity index (χ4v) is 1.81. The molecule has 2 aromatic carbocycles. The molecule has 3 N–H and O–H groups in total. The van der Waals surface area contributed by atoms with E-state index < -0.39 is 0 Å². The van der Waals surface area contributed by atoms with E-state index in [0.29, 0.717) is 5.96 Å². The van der Waals surface area contributed by atoms with Crippen LogP contribution in [-0.4, -0.2) is 5.96 Å². The predicted octanol–water partition coefficient (Wildman–Crippen LogP) is 2.21. The number of hydrogen-bond donors (Lipinski definition) is 2. The number of benzene rings is 2. The van der Waals surface area contributed by atoms with Crippen LogP contribution < -0.4 is 11.1 Å². The quantitative estimate of drug-likeness (QED) is 0.657. The second-order valence-electron chi connectivity index (χ2n) is 3.30. The third-order valence-electron chi connectivity index (χ3n) is 2.39. The summed E-state index contributed by atoms with van der Waals surface area (Å²) in [6.07, 6.45) is 0. The van der Waals surface area contributed by atoms with Gasteiger partial charge in [-0.05, 0) is 17.5 Å². The normalized spacial score (nSPS) is 13.6. The van der Waals surface area contributed by atoms with Gasteiger partial charge in [-0.1, -0.05) is 24.3 Å². The number of hydrogen-bond acceptors (Lipinski definition) is 3. The molecule has 2 aromatic rings. The van der Waals surface area contributed by atoms with E-state index in [4.69, 9.17) is 5.73 Å². The molecule has 1 aliphatic heterocycles. The van der Waals surface area contributed by atoms with E-state index in [2.05, 4.69) is 22.4 Å². The molecule has 0 saturated carbocycles. The number of nitrogens with one attached hydrogen (secondary N) is 1. The summed E-state index contributed by atoms with van der Waals surface area (Å²) in [6.45, 7) is 0. The summed E-state index contributed by atoms with van der Waals surface area (Å²) in [7, 11) is 0. The van der Waals surface area contributed by atoms with Gasteiger partial charge in [0, 0.05) is 5.39 Å². The number of rotatable bonds is 0. The van der Waals surface area contributed by atoms with Gasteiger partial charge in [0.1, 0.15) is 0 Å². The zero-order valence-corrected chi connectivity index (χ0v) is 7.49. The third kappa shape index (κ3) is 0.893. The smallest absolute Gasteiger partial charge is 0.198 e. The lowest BCUT2D eigenvalue weighted by Crippen LogP contribution is -2.23. The third-order valence-corrected chi connectivity index (χ3v) is 2.39. The maximum atomic E-state index is 5.66. The molecule has 0 fully saturated rings. The first-order valence-corrected chi connectivity index (χ1v) is 4.47. The molecular weight excluding hydrogens is 174 g/mol. The molecule has 0 bridgehead atoms.